The first-order chi connectivity index (χ1) is 11.2. The van der Waals surface area contributed by atoms with E-state index in [4.69, 9.17) is 9.72 Å². The van der Waals surface area contributed by atoms with Crippen molar-refractivity contribution in [2.45, 2.75) is 72.1 Å². The van der Waals surface area contributed by atoms with Crippen molar-refractivity contribution in [2.24, 2.45) is 0 Å². The van der Waals surface area contributed by atoms with Crippen LogP contribution in [0.5, 0.6) is 5.75 Å². The molecule has 0 N–H and O–H groups in total. The summed E-state index contributed by atoms with van der Waals surface area (Å²) in [6, 6.07) is 6.41. The minimum absolute atomic E-state index is 0.944. The molecule has 0 aliphatic rings. The summed E-state index contributed by atoms with van der Waals surface area (Å²) in [7, 11) is 1.74. The van der Waals surface area contributed by atoms with Crippen LogP contribution in [-0.2, 0) is 12.8 Å². The Kier molecular flexibility index (Phi) is 6.88. The fraction of sp³-hybridized carbons (Fsp3) is 0.571. The highest BCUT2D eigenvalue weighted by molar-refractivity contribution is 5.89. The molecule has 1 aromatic heterocycles. The van der Waals surface area contributed by atoms with Crippen molar-refractivity contribution in [2.75, 3.05) is 7.11 Å². The summed E-state index contributed by atoms with van der Waals surface area (Å²) in [5.74, 6) is 0.944. The van der Waals surface area contributed by atoms with E-state index in [-0.39, 0.29) is 0 Å². The molecular weight excluding hydrogens is 282 g/mol. The molecule has 2 rings (SSSR count). The molecule has 0 saturated carbocycles. The number of benzene rings is 1. The Morgan fingerprint density at radius 1 is 0.913 bits per heavy atom. The predicted octanol–water partition coefficient (Wildman–Crippen LogP) is 6.02. The molecule has 0 fully saturated rings. The highest BCUT2D eigenvalue weighted by Crippen LogP contribution is 2.29. The van der Waals surface area contributed by atoms with Gasteiger partial charge in [-0.1, -0.05) is 39.5 Å². The second-order valence-corrected chi connectivity index (χ2v) is 6.45. The summed E-state index contributed by atoms with van der Waals surface area (Å²) >= 11 is 0. The van der Waals surface area contributed by atoms with Gasteiger partial charge in [-0.05, 0) is 61.8 Å². The van der Waals surface area contributed by atoms with Crippen LogP contribution in [0.4, 0.5) is 0 Å². The molecule has 0 saturated heterocycles. The van der Waals surface area contributed by atoms with E-state index in [1.807, 2.05) is 6.07 Å². The molecule has 126 valence electrons. The Bertz CT molecular complexity index is 633. The van der Waals surface area contributed by atoms with Gasteiger partial charge in [0.25, 0.3) is 0 Å². The summed E-state index contributed by atoms with van der Waals surface area (Å²) in [5.41, 5.74) is 3.91. The van der Waals surface area contributed by atoms with Crippen molar-refractivity contribution < 1.29 is 4.74 Å². The molecule has 0 unspecified atom stereocenters. The Balaban J connectivity index is 2.45. The summed E-state index contributed by atoms with van der Waals surface area (Å²) in [6.07, 6.45) is 9.79. The van der Waals surface area contributed by atoms with Crippen molar-refractivity contribution >= 4 is 10.8 Å². The number of aromatic nitrogens is 1. The smallest absolute Gasteiger partial charge is 0.119 e. The lowest BCUT2D eigenvalue weighted by atomic mass is 9.95. The van der Waals surface area contributed by atoms with Crippen molar-refractivity contribution in [3.63, 3.8) is 0 Å². The number of rotatable bonds is 9. The van der Waals surface area contributed by atoms with Gasteiger partial charge in [-0.15, -0.1) is 0 Å². The van der Waals surface area contributed by atoms with E-state index in [1.54, 1.807) is 7.11 Å². The van der Waals surface area contributed by atoms with Crippen LogP contribution in [0.1, 0.15) is 69.3 Å². The number of hydrogen-bond donors (Lipinski definition) is 0. The number of pyridine rings is 1. The third-order valence-corrected chi connectivity index (χ3v) is 4.64. The van der Waals surface area contributed by atoms with Gasteiger partial charge in [0.05, 0.1) is 7.11 Å². The molecule has 0 aliphatic heterocycles. The van der Waals surface area contributed by atoms with E-state index in [1.165, 1.54) is 60.6 Å². The molecular formula is C21H31NO. The summed E-state index contributed by atoms with van der Waals surface area (Å²) < 4.78 is 5.46. The molecule has 2 heteroatoms. The second kappa shape index (κ2) is 8.90. The third-order valence-electron chi connectivity index (χ3n) is 4.64. The van der Waals surface area contributed by atoms with Gasteiger partial charge in [0.1, 0.15) is 5.75 Å². The fourth-order valence-electron chi connectivity index (χ4n) is 3.28. The third kappa shape index (κ3) is 4.46. The SMILES string of the molecule is CCCCCc1nc(C)c2ccc(OC)cc2c1CCCCC. The molecule has 1 aromatic carbocycles. The van der Waals surface area contributed by atoms with Crippen molar-refractivity contribution in [3.8, 4) is 5.75 Å². The van der Waals surface area contributed by atoms with E-state index < -0.39 is 0 Å². The fourth-order valence-corrected chi connectivity index (χ4v) is 3.28. The normalized spacial score (nSPS) is 11.1. The average molecular weight is 313 g/mol. The minimum atomic E-state index is 0.944. The molecule has 0 spiro atoms. The van der Waals surface area contributed by atoms with Crippen molar-refractivity contribution in [1.82, 2.24) is 4.98 Å². The second-order valence-electron chi connectivity index (χ2n) is 6.45. The van der Waals surface area contributed by atoms with E-state index in [9.17, 15) is 0 Å². The monoisotopic (exact) mass is 313 g/mol. The van der Waals surface area contributed by atoms with E-state index >= 15 is 0 Å². The van der Waals surface area contributed by atoms with Crippen LogP contribution in [-0.4, -0.2) is 12.1 Å². The molecule has 23 heavy (non-hydrogen) atoms. The van der Waals surface area contributed by atoms with Gasteiger partial charge in [0, 0.05) is 16.8 Å². The highest BCUT2D eigenvalue weighted by Gasteiger charge is 2.12. The molecule has 1 heterocycles. The van der Waals surface area contributed by atoms with Crippen LogP contribution >= 0.6 is 0 Å². The minimum Gasteiger partial charge on any atom is -0.497 e. The Morgan fingerprint density at radius 3 is 2.26 bits per heavy atom. The lowest BCUT2D eigenvalue weighted by molar-refractivity contribution is 0.415. The van der Waals surface area contributed by atoms with Crippen molar-refractivity contribution in [1.29, 1.82) is 0 Å². The van der Waals surface area contributed by atoms with E-state index in [2.05, 4.69) is 32.9 Å². The topological polar surface area (TPSA) is 22.1 Å². The molecule has 2 aromatic rings. The molecule has 0 amide bonds. The molecule has 0 bridgehead atoms. The Labute approximate surface area is 141 Å². The number of fused-ring (bicyclic) bond motifs is 1. The molecule has 0 radical (unpaired) electrons. The van der Waals surface area contributed by atoms with Crippen LogP contribution in [0, 0.1) is 6.92 Å². The van der Waals surface area contributed by atoms with Crippen LogP contribution in [0.25, 0.3) is 10.8 Å². The number of nitrogens with zero attached hydrogens (tertiary/aromatic N) is 1. The summed E-state index contributed by atoms with van der Waals surface area (Å²) in [5, 5.41) is 2.62. The maximum absolute atomic E-state index is 5.46. The number of methoxy groups -OCH3 is 1. The quantitative estimate of drug-likeness (QED) is 0.528. The zero-order valence-electron chi connectivity index (χ0n) is 15.2. The number of unbranched alkanes of at least 4 members (excludes halogenated alkanes) is 4. The zero-order valence-corrected chi connectivity index (χ0v) is 15.2. The molecule has 2 nitrogen and oxygen atoms in total. The number of hydrogen-bond acceptors (Lipinski definition) is 2. The first-order valence-corrected chi connectivity index (χ1v) is 9.17. The predicted molar refractivity (Wildman–Crippen MR) is 99.5 cm³/mol. The first kappa shape index (κ1) is 17.8. The van der Waals surface area contributed by atoms with Crippen LogP contribution < -0.4 is 4.74 Å². The van der Waals surface area contributed by atoms with Crippen LogP contribution in [0.3, 0.4) is 0 Å². The number of ether oxygens (including phenoxy) is 1. The van der Waals surface area contributed by atoms with Crippen LogP contribution in [0.15, 0.2) is 18.2 Å². The number of aryl methyl sites for hydroxylation is 3. The summed E-state index contributed by atoms with van der Waals surface area (Å²) in [6.45, 7) is 6.65. The standard InChI is InChI=1S/C21H31NO/c1-5-7-9-11-19-20-15-17(23-4)13-14-18(20)16(3)22-21(19)12-10-8-6-2/h13-15H,5-12H2,1-4H3. The van der Waals surface area contributed by atoms with E-state index in [0.717, 1.165) is 24.3 Å². The van der Waals surface area contributed by atoms with Gasteiger partial charge in [0.2, 0.25) is 0 Å². The van der Waals surface area contributed by atoms with Gasteiger partial charge in [0.15, 0.2) is 0 Å². The Hall–Kier alpha value is -1.57. The van der Waals surface area contributed by atoms with Gasteiger partial charge in [-0.25, -0.2) is 0 Å². The van der Waals surface area contributed by atoms with E-state index in [0.29, 0.717) is 0 Å². The Morgan fingerprint density at radius 2 is 1.61 bits per heavy atom. The van der Waals surface area contributed by atoms with Crippen molar-refractivity contribution in [3.05, 3.63) is 35.2 Å². The maximum atomic E-state index is 5.46. The molecule has 0 aliphatic carbocycles. The lowest BCUT2D eigenvalue weighted by Gasteiger charge is -2.15. The zero-order chi connectivity index (χ0) is 16.7. The van der Waals surface area contributed by atoms with Gasteiger partial charge < -0.3 is 4.74 Å². The average Bonchev–Trinajstić information content (AvgIpc) is 2.57. The highest BCUT2D eigenvalue weighted by atomic mass is 16.5. The van der Waals surface area contributed by atoms with Gasteiger partial charge in [-0.2, -0.15) is 0 Å². The lowest BCUT2D eigenvalue weighted by Crippen LogP contribution is -2.03. The first-order valence-electron chi connectivity index (χ1n) is 9.17. The van der Waals surface area contributed by atoms with Crippen LogP contribution in [0.2, 0.25) is 0 Å². The van der Waals surface area contributed by atoms with Gasteiger partial charge in [-0.3, -0.25) is 4.98 Å². The summed E-state index contributed by atoms with van der Waals surface area (Å²) in [4.78, 5) is 4.97. The van der Waals surface area contributed by atoms with Gasteiger partial charge >= 0.3 is 0 Å². The molecule has 0 atom stereocenters. The largest absolute Gasteiger partial charge is 0.497 e. The maximum Gasteiger partial charge on any atom is 0.119 e.